The van der Waals surface area contributed by atoms with Crippen LogP contribution in [0.1, 0.15) is 69.9 Å². The van der Waals surface area contributed by atoms with Crippen LogP contribution < -0.4 is 15.4 Å². The van der Waals surface area contributed by atoms with E-state index in [1.165, 1.54) is 12.0 Å². The number of amides is 2. The summed E-state index contributed by atoms with van der Waals surface area (Å²) >= 11 is 0. The van der Waals surface area contributed by atoms with Gasteiger partial charge in [-0.2, -0.15) is 0 Å². The van der Waals surface area contributed by atoms with Crippen LogP contribution in [0, 0.1) is 12.8 Å². The van der Waals surface area contributed by atoms with Gasteiger partial charge in [-0.15, -0.1) is 0 Å². The maximum Gasteiger partial charge on any atom is 0.260 e. The van der Waals surface area contributed by atoms with E-state index in [1.807, 2.05) is 19.1 Å². The number of aryl methyl sites for hydroxylation is 1. The van der Waals surface area contributed by atoms with E-state index in [0.29, 0.717) is 19.0 Å². The molecule has 150 valence electrons. The van der Waals surface area contributed by atoms with Gasteiger partial charge in [0.15, 0.2) is 6.10 Å². The fourth-order valence-corrected chi connectivity index (χ4v) is 3.37. The molecule has 1 aromatic carbocycles. The summed E-state index contributed by atoms with van der Waals surface area (Å²) in [4.78, 5) is 24.4. The summed E-state index contributed by atoms with van der Waals surface area (Å²) in [6.45, 7) is 8.85. The minimum absolute atomic E-state index is 0.120. The Bertz CT molecular complexity index is 636. The molecule has 0 saturated heterocycles. The highest BCUT2D eigenvalue weighted by molar-refractivity contribution is 5.81. The molecule has 1 fully saturated rings. The van der Waals surface area contributed by atoms with E-state index in [0.717, 1.165) is 37.0 Å². The molecule has 1 aromatic rings. The molecule has 27 heavy (non-hydrogen) atoms. The number of carbonyl (C=O) groups excluding carboxylic acids is 2. The maximum atomic E-state index is 12.3. The highest BCUT2D eigenvalue weighted by Gasteiger charge is 2.21. The summed E-state index contributed by atoms with van der Waals surface area (Å²) < 4.78 is 5.87. The van der Waals surface area contributed by atoms with Gasteiger partial charge in [0.1, 0.15) is 5.75 Å². The fraction of sp³-hybridized carbons (Fsp3) is 0.636. The second kappa shape index (κ2) is 10.3. The van der Waals surface area contributed by atoms with E-state index < -0.39 is 6.10 Å². The van der Waals surface area contributed by atoms with Crippen molar-refractivity contribution in [1.82, 2.24) is 10.6 Å². The number of benzene rings is 1. The monoisotopic (exact) mass is 374 g/mol. The number of hydrogen-bond acceptors (Lipinski definition) is 3. The van der Waals surface area contributed by atoms with Gasteiger partial charge in [-0.05, 0) is 49.8 Å². The smallest absolute Gasteiger partial charge is 0.260 e. The summed E-state index contributed by atoms with van der Waals surface area (Å²) in [5, 5.41) is 5.77. The first-order chi connectivity index (χ1) is 12.9. The lowest BCUT2D eigenvalue weighted by Crippen LogP contribution is -2.42. The molecule has 2 amide bonds. The standard InChI is InChI=1S/C22H34N2O3/c1-15(2)19-11-10-16(3)20(14-19)27-17(4)21(25)23-12-13-24-22(26)18-8-6-5-7-9-18/h10-11,14-15,17-18H,5-9,12-13H2,1-4H3,(H,23,25)(H,24,26). The highest BCUT2D eigenvalue weighted by atomic mass is 16.5. The third-order valence-corrected chi connectivity index (χ3v) is 5.25. The van der Waals surface area contributed by atoms with Crippen molar-refractivity contribution in [2.45, 2.75) is 71.8 Å². The third kappa shape index (κ3) is 6.56. The Kier molecular flexibility index (Phi) is 8.14. The van der Waals surface area contributed by atoms with E-state index in [4.69, 9.17) is 4.74 Å². The first-order valence-electron chi connectivity index (χ1n) is 10.2. The van der Waals surface area contributed by atoms with Gasteiger partial charge < -0.3 is 15.4 Å². The van der Waals surface area contributed by atoms with Crippen molar-refractivity contribution < 1.29 is 14.3 Å². The predicted octanol–water partition coefficient (Wildman–Crippen LogP) is 3.70. The molecular formula is C22H34N2O3. The van der Waals surface area contributed by atoms with Crippen molar-refractivity contribution >= 4 is 11.8 Å². The highest BCUT2D eigenvalue weighted by Crippen LogP contribution is 2.25. The van der Waals surface area contributed by atoms with Gasteiger partial charge in [0.2, 0.25) is 5.91 Å². The van der Waals surface area contributed by atoms with Crippen molar-refractivity contribution in [2.24, 2.45) is 5.92 Å². The van der Waals surface area contributed by atoms with Gasteiger partial charge in [0, 0.05) is 19.0 Å². The first-order valence-corrected chi connectivity index (χ1v) is 10.2. The van der Waals surface area contributed by atoms with Gasteiger partial charge in [-0.3, -0.25) is 9.59 Å². The number of rotatable bonds is 8. The molecule has 5 nitrogen and oxygen atoms in total. The van der Waals surface area contributed by atoms with E-state index in [2.05, 4.69) is 30.5 Å². The van der Waals surface area contributed by atoms with Crippen LogP contribution in [0.15, 0.2) is 18.2 Å². The molecule has 0 aliphatic heterocycles. The minimum Gasteiger partial charge on any atom is -0.481 e. The van der Waals surface area contributed by atoms with E-state index in [-0.39, 0.29) is 17.7 Å². The molecule has 0 heterocycles. The van der Waals surface area contributed by atoms with Gasteiger partial charge in [-0.25, -0.2) is 0 Å². The zero-order valence-electron chi connectivity index (χ0n) is 17.1. The Morgan fingerprint density at radius 1 is 1.07 bits per heavy atom. The van der Waals surface area contributed by atoms with Crippen molar-refractivity contribution in [2.75, 3.05) is 13.1 Å². The Balaban J connectivity index is 1.74. The summed E-state index contributed by atoms with van der Waals surface area (Å²) in [6, 6.07) is 6.12. The van der Waals surface area contributed by atoms with Crippen LogP contribution in [0.2, 0.25) is 0 Å². The maximum absolute atomic E-state index is 12.3. The normalized spacial score (nSPS) is 16.0. The van der Waals surface area contributed by atoms with Crippen molar-refractivity contribution in [1.29, 1.82) is 0 Å². The molecule has 1 atom stereocenters. The quantitative estimate of drug-likeness (QED) is 0.682. The predicted molar refractivity (Wildman–Crippen MR) is 108 cm³/mol. The Labute approximate surface area is 163 Å². The van der Waals surface area contributed by atoms with Crippen molar-refractivity contribution in [3.05, 3.63) is 29.3 Å². The van der Waals surface area contributed by atoms with Crippen LogP contribution in [0.3, 0.4) is 0 Å². The molecule has 0 spiro atoms. The van der Waals surface area contributed by atoms with Crippen LogP contribution in [0.5, 0.6) is 5.75 Å². The molecule has 2 N–H and O–H groups in total. The largest absolute Gasteiger partial charge is 0.481 e. The fourth-order valence-electron chi connectivity index (χ4n) is 3.37. The SMILES string of the molecule is Cc1ccc(C(C)C)cc1OC(C)C(=O)NCCNC(=O)C1CCCCC1. The van der Waals surface area contributed by atoms with Crippen LogP contribution in [-0.2, 0) is 9.59 Å². The molecule has 5 heteroatoms. The Hall–Kier alpha value is -2.04. The van der Waals surface area contributed by atoms with Gasteiger partial charge in [0.25, 0.3) is 5.91 Å². The molecule has 1 aliphatic carbocycles. The lowest BCUT2D eigenvalue weighted by Gasteiger charge is -2.21. The van der Waals surface area contributed by atoms with E-state index in [1.54, 1.807) is 6.92 Å². The minimum atomic E-state index is -0.583. The lowest BCUT2D eigenvalue weighted by molar-refractivity contribution is -0.128. The van der Waals surface area contributed by atoms with Crippen molar-refractivity contribution in [3.63, 3.8) is 0 Å². The Morgan fingerprint density at radius 2 is 1.74 bits per heavy atom. The third-order valence-electron chi connectivity index (χ3n) is 5.25. The van der Waals surface area contributed by atoms with E-state index in [9.17, 15) is 9.59 Å². The number of carbonyl (C=O) groups is 2. The first kappa shape index (κ1) is 21.3. The summed E-state index contributed by atoms with van der Waals surface area (Å²) in [6.07, 6.45) is 4.90. The number of nitrogens with one attached hydrogen (secondary N) is 2. The summed E-state index contributed by atoms with van der Waals surface area (Å²) in [5.74, 6) is 1.25. The second-order valence-corrected chi connectivity index (χ2v) is 7.86. The molecule has 1 saturated carbocycles. The van der Waals surface area contributed by atoms with Crippen LogP contribution >= 0.6 is 0 Å². The molecular weight excluding hydrogens is 340 g/mol. The topological polar surface area (TPSA) is 67.4 Å². The molecule has 0 aromatic heterocycles. The van der Waals surface area contributed by atoms with Crippen LogP contribution in [0.25, 0.3) is 0 Å². The number of hydrogen-bond donors (Lipinski definition) is 2. The molecule has 2 rings (SSSR count). The molecule has 1 unspecified atom stereocenters. The zero-order valence-corrected chi connectivity index (χ0v) is 17.1. The number of ether oxygens (including phenoxy) is 1. The summed E-state index contributed by atoms with van der Waals surface area (Å²) in [5.41, 5.74) is 2.20. The lowest BCUT2D eigenvalue weighted by atomic mass is 9.89. The molecule has 0 bridgehead atoms. The average Bonchev–Trinajstić information content (AvgIpc) is 2.67. The molecule has 1 aliphatic rings. The second-order valence-electron chi connectivity index (χ2n) is 7.86. The Morgan fingerprint density at radius 3 is 2.41 bits per heavy atom. The van der Waals surface area contributed by atoms with Crippen LogP contribution in [0.4, 0.5) is 0 Å². The van der Waals surface area contributed by atoms with Gasteiger partial charge >= 0.3 is 0 Å². The molecule has 0 radical (unpaired) electrons. The van der Waals surface area contributed by atoms with Gasteiger partial charge in [-0.1, -0.05) is 45.2 Å². The summed E-state index contributed by atoms with van der Waals surface area (Å²) in [7, 11) is 0. The zero-order chi connectivity index (χ0) is 19.8. The van der Waals surface area contributed by atoms with E-state index >= 15 is 0 Å². The van der Waals surface area contributed by atoms with Crippen LogP contribution in [-0.4, -0.2) is 31.0 Å². The van der Waals surface area contributed by atoms with Gasteiger partial charge in [0.05, 0.1) is 0 Å². The average molecular weight is 375 g/mol. The van der Waals surface area contributed by atoms with Crippen molar-refractivity contribution in [3.8, 4) is 5.75 Å².